The van der Waals surface area contributed by atoms with Crippen LogP contribution in [0.15, 0.2) is 33.2 Å². The Labute approximate surface area is 154 Å². The Hall–Kier alpha value is -0.400. The number of carbonyl (C=O) groups excluding carboxylic acids is 1. The summed E-state index contributed by atoms with van der Waals surface area (Å²) in [6.07, 6.45) is 0. The SMILES string of the molecule is COc1c(C)cc(Br)c(C)c1C(=O)c1cc(Br)ccc1I. The molecule has 0 aliphatic carbocycles. The monoisotopic (exact) mass is 522 g/mol. The van der Waals surface area contributed by atoms with Crippen molar-refractivity contribution in [2.45, 2.75) is 13.8 Å². The van der Waals surface area contributed by atoms with Crippen LogP contribution >= 0.6 is 54.5 Å². The van der Waals surface area contributed by atoms with Gasteiger partial charge in [0.25, 0.3) is 0 Å². The third-order valence-corrected chi connectivity index (χ3v) is 5.52. The molecule has 2 aromatic carbocycles. The molecule has 0 aliphatic heterocycles. The van der Waals surface area contributed by atoms with E-state index >= 15 is 0 Å². The van der Waals surface area contributed by atoms with Crippen LogP contribution in [0.5, 0.6) is 5.75 Å². The second kappa shape index (κ2) is 6.79. The second-order valence-corrected chi connectivity index (χ2v) is 7.59. The number of aryl methyl sites for hydroxylation is 1. The van der Waals surface area contributed by atoms with Gasteiger partial charge in [-0.3, -0.25) is 4.79 Å². The smallest absolute Gasteiger partial charge is 0.198 e. The molecule has 21 heavy (non-hydrogen) atoms. The first-order chi connectivity index (χ1) is 9.86. The van der Waals surface area contributed by atoms with Crippen molar-refractivity contribution >= 4 is 60.2 Å². The Bertz CT molecular complexity index is 727. The molecule has 0 spiro atoms. The average Bonchev–Trinajstić information content (AvgIpc) is 2.44. The molecule has 0 heterocycles. The van der Waals surface area contributed by atoms with E-state index in [1.54, 1.807) is 7.11 Å². The van der Waals surface area contributed by atoms with Crippen LogP contribution in [0.3, 0.4) is 0 Å². The minimum absolute atomic E-state index is 0.0283. The number of hydrogen-bond donors (Lipinski definition) is 0. The Balaban J connectivity index is 2.71. The fourth-order valence-electron chi connectivity index (χ4n) is 2.19. The van der Waals surface area contributed by atoms with Gasteiger partial charge < -0.3 is 4.74 Å². The lowest BCUT2D eigenvalue weighted by atomic mass is 9.96. The average molecular weight is 524 g/mol. The highest BCUT2D eigenvalue weighted by Crippen LogP contribution is 2.35. The third kappa shape index (κ3) is 3.35. The summed E-state index contributed by atoms with van der Waals surface area (Å²) >= 11 is 9.12. The predicted molar refractivity (Wildman–Crippen MR) is 100 cm³/mol. The van der Waals surface area contributed by atoms with Gasteiger partial charge in [-0.25, -0.2) is 0 Å². The van der Waals surface area contributed by atoms with Crippen LogP contribution in [0, 0.1) is 17.4 Å². The van der Waals surface area contributed by atoms with Crippen molar-refractivity contribution in [2.75, 3.05) is 7.11 Å². The maximum absolute atomic E-state index is 13.0. The maximum atomic E-state index is 13.0. The molecule has 0 saturated carbocycles. The number of benzene rings is 2. The van der Waals surface area contributed by atoms with Gasteiger partial charge >= 0.3 is 0 Å². The Kier molecular flexibility index (Phi) is 5.48. The van der Waals surface area contributed by atoms with Crippen molar-refractivity contribution in [3.05, 3.63) is 59.0 Å². The van der Waals surface area contributed by atoms with E-state index < -0.39 is 0 Å². The fraction of sp³-hybridized carbons (Fsp3) is 0.188. The summed E-state index contributed by atoms with van der Waals surface area (Å²) in [6, 6.07) is 7.66. The first-order valence-electron chi connectivity index (χ1n) is 6.20. The quantitative estimate of drug-likeness (QED) is 0.382. The molecule has 2 nitrogen and oxygen atoms in total. The predicted octanol–water partition coefficient (Wildman–Crippen LogP) is 5.67. The zero-order valence-electron chi connectivity index (χ0n) is 11.8. The van der Waals surface area contributed by atoms with Crippen molar-refractivity contribution in [3.8, 4) is 5.75 Å². The molecule has 0 atom stereocenters. The van der Waals surface area contributed by atoms with Crippen LogP contribution < -0.4 is 4.74 Å². The normalized spacial score (nSPS) is 10.6. The first kappa shape index (κ1) is 17.0. The Morgan fingerprint density at radius 2 is 1.86 bits per heavy atom. The van der Waals surface area contributed by atoms with E-state index in [0.29, 0.717) is 16.9 Å². The van der Waals surface area contributed by atoms with Crippen LogP contribution in [-0.4, -0.2) is 12.9 Å². The van der Waals surface area contributed by atoms with Crippen LogP contribution in [0.2, 0.25) is 0 Å². The van der Waals surface area contributed by atoms with Gasteiger partial charge in [0.1, 0.15) is 5.75 Å². The van der Waals surface area contributed by atoms with Gasteiger partial charge in [-0.05, 0) is 71.8 Å². The summed E-state index contributed by atoms with van der Waals surface area (Å²) in [7, 11) is 1.60. The Morgan fingerprint density at radius 3 is 2.48 bits per heavy atom. The number of halogens is 3. The first-order valence-corrected chi connectivity index (χ1v) is 8.86. The number of methoxy groups -OCH3 is 1. The van der Waals surface area contributed by atoms with E-state index in [9.17, 15) is 4.79 Å². The molecule has 0 fully saturated rings. The minimum Gasteiger partial charge on any atom is -0.496 e. The molecule has 0 radical (unpaired) electrons. The van der Waals surface area contributed by atoms with E-state index in [0.717, 1.165) is 23.6 Å². The highest BCUT2D eigenvalue weighted by molar-refractivity contribution is 14.1. The summed E-state index contributed by atoms with van der Waals surface area (Å²) in [5, 5.41) is 0. The molecule has 0 N–H and O–H groups in total. The van der Waals surface area contributed by atoms with Crippen molar-refractivity contribution in [3.63, 3.8) is 0 Å². The van der Waals surface area contributed by atoms with Crippen molar-refractivity contribution in [1.82, 2.24) is 0 Å². The lowest BCUT2D eigenvalue weighted by Gasteiger charge is -2.16. The molecule has 0 saturated heterocycles. The zero-order chi connectivity index (χ0) is 15.7. The summed E-state index contributed by atoms with van der Waals surface area (Å²) in [4.78, 5) is 13.0. The molecule has 2 rings (SSSR count). The number of rotatable bonds is 3. The van der Waals surface area contributed by atoms with Crippen molar-refractivity contribution in [1.29, 1.82) is 0 Å². The van der Waals surface area contributed by atoms with Gasteiger partial charge in [-0.15, -0.1) is 0 Å². The minimum atomic E-state index is -0.0283. The maximum Gasteiger partial charge on any atom is 0.198 e. The van der Waals surface area contributed by atoms with Crippen molar-refractivity contribution in [2.24, 2.45) is 0 Å². The fourth-order valence-corrected chi connectivity index (χ4v) is 3.68. The molecule has 2 aromatic rings. The molecular weight excluding hydrogens is 511 g/mol. The molecule has 110 valence electrons. The van der Waals surface area contributed by atoms with Gasteiger partial charge in [-0.1, -0.05) is 31.9 Å². The number of carbonyl (C=O) groups is 1. The van der Waals surface area contributed by atoms with E-state index in [-0.39, 0.29) is 5.78 Å². The van der Waals surface area contributed by atoms with Crippen LogP contribution in [0.1, 0.15) is 27.0 Å². The Morgan fingerprint density at radius 1 is 1.19 bits per heavy atom. The summed E-state index contributed by atoms with van der Waals surface area (Å²) in [5.74, 6) is 0.607. The molecular formula is C16H13Br2IO2. The lowest BCUT2D eigenvalue weighted by Crippen LogP contribution is -2.10. The van der Waals surface area contributed by atoms with Gasteiger partial charge in [0, 0.05) is 18.1 Å². The summed E-state index contributed by atoms with van der Waals surface area (Å²) < 4.78 is 8.18. The van der Waals surface area contributed by atoms with Gasteiger partial charge in [-0.2, -0.15) is 0 Å². The largest absolute Gasteiger partial charge is 0.496 e. The third-order valence-electron chi connectivity index (χ3n) is 3.27. The van der Waals surface area contributed by atoms with E-state index in [1.807, 2.05) is 38.1 Å². The van der Waals surface area contributed by atoms with E-state index in [4.69, 9.17) is 4.74 Å². The van der Waals surface area contributed by atoms with Crippen LogP contribution in [0.4, 0.5) is 0 Å². The van der Waals surface area contributed by atoms with Gasteiger partial charge in [0.15, 0.2) is 5.78 Å². The highest BCUT2D eigenvalue weighted by atomic mass is 127. The molecule has 0 unspecified atom stereocenters. The zero-order valence-corrected chi connectivity index (χ0v) is 17.1. The molecule has 0 aliphatic rings. The highest BCUT2D eigenvalue weighted by Gasteiger charge is 2.22. The summed E-state index contributed by atoms with van der Waals surface area (Å²) in [5.41, 5.74) is 3.10. The number of hydrogen-bond acceptors (Lipinski definition) is 2. The molecule has 0 aromatic heterocycles. The van der Waals surface area contributed by atoms with Crippen molar-refractivity contribution < 1.29 is 9.53 Å². The molecule has 0 amide bonds. The van der Waals surface area contributed by atoms with Crippen LogP contribution in [-0.2, 0) is 0 Å². The van der Waals surface area contributed by atoms with Crippen LogP contribution in [0.25, 0.3) is 0 Å². The summed E-state index contributed by atoms with van der Waals surface area (Å²) in [6.45, 7) is 3.86. The van der Waals surface area contributed by atoms with Gasteiger partial charge in [0.2, 0.25) is 0 Å². The number of ketones is 1. The van der Waals surface area contributed by atoms with E-state index in [1.165, 1.54) is 0 Å². The molecule has 5 heteroatoms. The second-order valence-electron chi connectivity index (χ2n) is 4.66. The van der Waals surface area contributed by atoms with Gasteiger partial charge in [0.05, 0.1) is 12.7 Å². The molecule has 0 bridgehead atoms. The lowest BCUT2D eigenvalue weighted by molar-refractivity contribution is 0.103. The topological polar surface area (TPSA) is 26.3 Å². The number of ether oxygens (including phenoxy) is 1. The standard InChI is InChI=1S/C16H13Br2IO2/c1-8-6-12(18)9(2)14(16(8)21-3)15(20)11-7-10(17)4-5-13(11)19/h4-7H,1-3H3. The van der Waals surface area contributed by atoms with E-state index in [2.05, 4.69) is 54.5 Å².